The molecule has 0 amide bonds. The first-order valence-corrected chi connectivity index (χ1v) is 19.9. The van der Waals surface area contributed by atoms with Crippen molar-refractivity contribution in [2.24, 2.45) is 0 Å². The molecule has 6 aromatic rings. The van der Waals surface area contributed by atoms with Crippen LogP contribution in [0.25, 0.3) is 32.7 Å². The predicted octanol–water partition coefficient (Wildman–Crippen LogP) is 7.52. The Kier molecular flexibility index (Phi) is 8.24. The van der Waals surface area contributed by atoms with E-state index in [1.54, 1.807) is 36.8 Å². The van der Waals surface area contributed by atoms with Gasteiger partial charge < -0.3 is 0 Å². The summed E-state index contributed by atoms with van der Waals surface area (Å²) >= 11 is -5.39. The Morgan fingerprint density at radius 3 is 1.30 bits per heavy atom. The number of aromatic nitrogens is 3. The number of rotatable bonds is 11. The predicted molar refractivity (Wildman–Crippen MR) is 166 cm³/mol. The van der Waals surface area contributed by atoms with E-state index in [0.29, 0.717) is 22.6 Å². The summed E-state index contributed by atoms with van der Waals surface area (Å²) in [6, 6.07) is 22.0. The zero-order valence-corrected chi connectivity index (χ0v) is 26.5. The third-order valence-corrected chi connectivity index (χ3v) is 14.5. The van der Waals surface area contributed by atoms with Crippen LogP contribution >= 0.6 is 0 Å². The monoisotopic (exact) mass is 685 g/mol. The molecular formula is C33H31N3O6Sn. The van der Waals surface area contributed by atoms with Crippen LogP contribution in [0.2, 0.25) is 4.44 Å². The first kappa shape index (κ1) is 28.6. The fourth-order valence-electron chi connectivity index (χ4n) is 5.29. The van der Waals surface area contributed by atoms with E-state index in [-0.39, 0.29) is 21.1 Å². The van der Waals surface area contributed by atoms with Crippen LogP contribution in [0.5, 0.6) is 0 Å². The second kappa shape index (κ2) is 12.4. The van der Waals surface area contributed by atoms with Gasteiger partial charge >= 0.3 is 254 Å². The Morgan fingerprint density at radius 2 is 0.930 bits per heavy atom. The summed E-state index contributed by atoms with van der Waals surface area (Å²) in [6.07, 6.45) is 7.95. The van der Waals surface area contributed by atoms with E-state index in [1.165, 1.54) is 0 Å². The molecule has 0 radical (unpaired) electrons. The van der Waals surface area contributed by atoms with Crippen LogP contribution in [0.3, 0.4) is 0 Å². The molecular weight excluding hydrogens is 653 g/mol. The molecule has 3 aromatic heterocycles. The molecule has 9 nitrogen and oxygen atoms in total. The molecule has 3 aromatic carbocycles. The van der Waals surface area contributed by atoms with Gasteiger partial charge in [-0.3, -0.25) is 0 Å². The summed E-state index contributed by atoms with van der Waals surface area (Å²) in [5.41, 5.74) is 3.09. The third kappa shape index (κ3) is 5.90. The van der Waals surface area contributed by atoms with E-state index >= 15 is 0 Å². The molecule has 6 rings (SSSR count). The third-order valence-electron chi connectivity index (χ3n) is 7.51. The number of fused-ring (bicyclic) bond motifs is 3. The van der Waals surface area contributed by atoms with Crippen molar-refractivity contribution in [3.63, 3.8) is 0 Å². The number of carbonyl (C=O) groups is 3. The molecule has 0 aliphatic rings. The van der Waals surface area contributed by atoms with E-state index in [0.717, 1.165) is 35.8 Å². The minimum atomic E-state index is -5.39. The molecule has 0 saturated heterocycles. The first-order chi connectivity index (χ1) is 21.0. The fraction of sp³-hybridized carbons (Fsp3) is 0.182. The average molecular weight is 684 g/mol. The fourth-order valence-corrected chi connectivity index (χ4v) is 11.8. The van der Waals surface area contributed by atoms with Gasteiger partial charge in [0.15, 0.2) is 0 Å². The van der Waals surface area contributed by atoms with Crippen LogP contribution in [-0.4, -0.2) is 52.5 Å². The molecule has 0 saturated carbocycles. The average Bonchev–Trinajstić information content (AvgIpc) is 3.76. The van der Waals surface area contributed by atoms with E-state index in [9.17, 15) is 14.4 Å². The van der Waals surface area contributed by atoms with Gasteiger partial charge in [-0.25, -0.2) is 0 Å². The Balaban J connectivity index is 1.40. The molecule has 0 bridgehead atoms. The van der Waals surface area contributed by atoms with Gasteiger partial charge in [-0.15, -0.1) is 0 Å². The van der Waals surface area contributed by atoms with Crippen LogP contribution in [-0.2, 0) is 9.22 Å². The van der Waals surface area contributed by atoms with Crippen molar-refractivity contribution in [3.8, 4) is 0 Å². The summed E-state index contributed by atoms with van der Waals surface area (Å²) in [7, 11) is 0. The van der Waals surface area contributed by atoms with Crippen molar-refractivity contribution in [1.29, 1.82) is 0 Å². The number of aromatic amines is 3. The minimum absolute atomic E-state index is 0.158. The van der Waals surface area contributed by atoms with Crippen molar-refractivity contribution >= 4 is 70.2 Å². The number of hydrogen-bond donors (Lipinski definition) is 3. The molecule has 0 aliphatic heterocycles. The SMILES string of the molecule is CCCCC[CH2][Sn]([O]C(=O)c1c[nH]c2ccccc12)([O]C(=O)c1c[nH]c2ccccc12)[O]C(=O)c1c[nH]c2ccccc12. The molecule has 43 heavy (non-hydrogen) atoms. The van der Waals surface area contributed by atoms with Gasteiger partial charge in [0.2, 0.25) is 0 Å². The summed E-state index contributed by atoms with van der Waals surface area (Å²) in [4.78, 5) is 50.6. The number of para-hydroxylation sites is 3. The van der Waals surface area contributed by atoms with E-state index in [4.69, 9.17) is 9.22 Å². The van der Waals surface area contributed by atoms with Gasteiger partial charge in [0.05, 0.1) is 0 Å². The summed E-state index contributed by atoms with van der Waals surface area (Å²) in [6.45, 7) is 2.08. The molecule has 3 N–H and O–H groups in total. The van der Waals surface area contributed by atoms with E-state index in [1.807, 2.05) is 54.6 Å². The van der Waals surface area contributed by atoms with Crippen LogP contribution in [0.1, 0.15) is 63.7 Å². The molecule has 0 atom stereocenters. The van der Waals surface area contributed by atoms with Crippen LogP contribution in [0, 0.1) is 0 Å². The molecule has 0 unspecified atom stereocenters. The molecule has 3 heterocycles. The number of carbonyl (C=O) groups excluding carboxylic acids is 3. The second-order valence-electron chi connectivity index (χ2n) is 10.4. The van der Waals surface area contributed by atoms with Crippen LogP contribution < -0.4 is 0 Å². The normalized spacial score (nSPS) is 11.7. The maximum absolute atomic E-state index is 13.8. The Bertz CT molecular complexity index is 1720. The van der Waals surface area contributed by atoms with Gasteiger partial charge in [-0.2, -0.15) is 0 Å². The standard InChI is InChI=1S/3C9H7NO2.C6H13.Sn/c3*11-9(12)7-5-10-8-4-2-1-3-6(7)8;1-3-5-6-4-2;/h3*1-5,10H,(H,11,12);1,3-6H2,2H3;/q;;;;+3/p-3. The summed E-state index contributed by atoms with van der Waals surface area (Å²) in [5.74, 6) is -2.12. The number of unbranched alkanes of at least 4 members (excludes halogenated alkanes) is 3. The van der Waals surface area contributed by atoms with Crippen LogP contribution in [0.15, 0.2) is 91.4 Å². The second-order valence-corrected chi connectivity index (χ2v) is 17.5. The van der Waals surface area contributed by atoms with Gasteiger partial charge in [0.25, 0.3) is 0 Å². The Morgan fingerprint density at radius 1 is 0.558 bits per heavy atom. The maximum atomic E-state index is 13.8. The van der Waals surface area contributed by atoms with Crippen LogP contribution in [0.4, 0.5) is 0 Å². The van der Waals surface area contributed by atoms with Gasteiger partial charge in [-0.1, -0.05) is 0 Å². The number of nitrogens with one attached hydrogen (secondary N) is 3. The topological polar surface area (TPSA) is 126 Å². The van der Waals surface area contributed by atoms with Crippen molar-refractivity contribution in [2.45, 2.75) is 37.0 Å². The zero-order valence-electron chi connectivity index (χ0n) is 23.6. The zero-order chi connectivity index (χ0) is 29.8. The van der Waals surface area contributed by atoms with Gasteiger partial charge in [0, 0.05) is 0 Å². The Hall–Kier alpha value is -4.51. The number of hydrogen-bond acceptors (Lipinski definition) is 6. The Labute approximate surface area is 253 Å². The molecule has 10 heteroatoms. The van der Waals surface area contributed by atoms with Crippen molar-refractivity contribution in [2.75, 3.05) is 0 Å². The summed E-state index contributed by atoms with van der Waals surface area (Å²) in [5, 5.41) is 1.97. The first-order valence-electron chi connectivity index (χ1n) is 14.4. The van der Waals surface area contributed by atoms with Gasteiger partial charge in [0.1, 0.15) is 0 Å². The van der Waals surface area contributed by atoms with Gasteiger partial charge in [-0.05, 0) is 0 Å². The van der Waals surface area contributed by atoms with Crippen molar-refractivity contribution in [3.05, 3.63) is 108 Å². The molecule has 0 fully saturated rings. The quantitative estimate of drug-likeness (QED) is 0.0958. The van der Waals surface area contributed by atoms with Crippen molar-refractivity contribution in [1.82, 2.24) is 15.0 Å². The van der Waals surface area contributed by atoms with E-state index < -0.39 is 37.5 Å². The van der Waals surface area contributed by atoms with E-state index in [2.05, 4.69) is 21.9 Å². The molecule has 0 aliphatic carbocycles. The van der Waals surface area contributed by atoms with Crippen molar-refractivity contribution < 1.29 is 23.6 Å². The summed E-state index contributed by atoms with van der Waals surface area (Å²) < 4.78 is 18.7. The number of benzene rings is 3. The molecule has 218 valence electrons. The molecule has 0 spiro atoms. The number of H-pyrrole nitrogens is 3.